The van der Waals surface area contributed by atoms with Crippen LogP contribution in [0.2, 0.25) is 10.0 Å². The lowest BCUT2D eigenvalue weighted by Gasteiger charge is -2.31. The number of amides is 2. The molecule has 6 nitrogen and oxygen atoms in total. The van der Waals surface area contributed by atoms with Crippen LogP contribution in [-0.4, -0.2) is 54.3 Å². The number of nitrogens with zero attached hydrogens (tertiary/aromatic N) is 2. The number of halogens is 2. The van der Waals surface area contributed by atoms with E-state index in [1.807, 2.05) is 11.4 Å². The molecule has 1 unspecified atom stereocenters. The van der Waals surface area contributed by atoms with Gasteiger partial charge in [-0.25, -0.2) is 0 Å². The molecule has 1 aromatic carbocycles. The third-order valence-corrected chi connectivity index (χ3v) is 6.54. The van der Waals surface area contributed by atoms with E-state index in [0.29, 0.717) is 41.0 Å². The van der Waals surface area contributed by atoms with Gasteiger partial charge in [-0.2, -0.15) is 0 Å². The van der Waals surface area contributed by atoms with E-state index in [-0.39, 0.29) is 18.4 Å². The van der Waals surface area contributed by atoms with Gasteiger partial charge in [0.1, 0.15) is 0 Å². The fourth-order valence-corrected chi connectivity index (χ4v) is 4.28. The summed E-state index contributed by atoms with van der Waals surface area (Å²) in [5, 5.41) is 2.71. The van der Waals surface area contributed by atoms with Crippen molar-refractivity contribution >= 4 is 52.3 Å². The zero-order chi connectivity index (χ0) is 21.7. The lowest BCUT2D eigenvalue weighted by atomic mass is 9.98. The predicted molar refractivity (Wildman–Crippen MR) is 117 cm³/mol. The summed E-state index contributed by atoms with van der Waals surface area (Å²) in [6.07, 6.45) is 1.36. The molecule has 2 amide bonds. The molecule has 1 aliphatic heterocycles. The molecule has 0 aliphatic carbocycles. The number of likely N-dealkylation sites (tertiary alicyclic amines) is 1. The molecule has 3 rings (SSSR count). The van der Waals surface area contributed by atoms with Crippen molar-refractivity contribution in [3.8, 4) is 0 Å². The van der Waals surface area contributed by atoms with Gasteiger partial charge in [-0.1, -0.05) is 35.3 Å². The summed E-state index contributed by atoms with van der Waals surface area (Å²) >= 11 is 13.3. The summed E-state index contributed by atoms with van der Waals surface area (Å²) in [7, 11) is 1.63. The first-order valence-electron chi connectivity index (χ1n) is 9.52. The van der Waals surface area contributed by atoms with Crippen LogP contribution in [0.25, 0.3) is 0 Å². The summed E-state index contributed by atoms with van der Waals surface area (Å²) in [5.41, 5.74) is 0.821. The summed E-state index contributed by atoms with van der Waals surface area (Å²) in [5.74, 6) is -1.26. The van der Waals surface area contributed by atoms with E-state index in [1.54, 1.807) is 36.2 Å². The van der Waals surface area contributed by atoms with E-state index in [2.05, 4.69) is 0 Å². The summed E-state index contributed by atoms with van der Waals surface area (Å²) in [6.45, 7) is 0.903. The van der Waals surface area contributed by atoms with E-state index in [1.165, 1.54) is 16.2 Å². The molecule has 9 heteroatoms. The molecule has 1 saturated heterocycles. The average Bonchev–Trinajstić information content (AvgIpc) is 3.28. The standard InChI is InChI=1S/C21H22Cl2N2O4S/c1-24(11-14-6-7-16(22)17(23)10-14)19(26)13-29-21(28)15-4-2-8-25(12-15)20(27)18-5-3-9-30-18/h3,5-7,9-10,15H,2,4,8,11-13H2,1H3. The van der Waals surface area contributed by atoms with Gasteiger partial charge >= 0.3 is 5.97 Å². The van der Waals surface area contributed by atoms with Gasteiger partial charge in [-0.3, -0.25) is 14.4 Å². The van der Waals surface area contributed by atoms with Crippen LogP contribution in [0.5, 0.6) is 0 Å². The highest BCUT2D eigenvalue weighted by atomic mass is 35.5. The Balaban J connectivity index is 1.48. The van der Waals surface area contributed by atoms with Crippen molar-refractivity contribution in [1.29, 1.82) is 0 Å². The highest BCUT2D eigenvalue weighted by Gasteiger charge is 2.30. The lowest BCUT2D eigenvalue weighted by Crippen LogP contribution is -2.43. The molecule has 2 aromatic rings. The van der Waals surface area contributed by atoms with E-state index >= 15 is 0 Å². The van der Waals surface area contributed by atoms with Crippen LogP contribution in [0.15, 0.2) is 35.7 Å². The zero-order valence-corrected chi connectivity index (χ0v) is 18.8. The molecule has 1 aliphatic rings. The van der Waals surface area contributed by atoms with E-state index in [4.69, 9.17) is 27.9 Å². The van der Waals surface area contributed by atoms with Crippen molar-refractivity contribution in [2.75, 3.05) is 26.7 Å². The van der Waals surface area contributed by atoms with Gasteiger partial charge in [0.25, 0.3) is 11.8 Å². The molecule has 0 saturated carbocycles. The van der Waals surface area contributed by atoms with Gasteiger partial charge in [-0.15, -0.1) is 11.3 Å². The fraction of sp³-hybridized carbons (Fsp3) is 0.381. The topological polar surface area (TPSA) is 66.9 Å². The summed E-state index contributed by atoms with van der Waals surface area (Å²) in [4.78, 5) is 41.1. The van der Waals surface area contributed by atoms with Crippen molar-refractivity contribution in [3.05, 3.63) is 56.2 Å². The largest absolute Gasteiger partial charge is 0.455 e. The summed E-state index contributed by atoms with van der Waals surface area (Å²) < 4.78 is 5.25. The molecular weight excluding hydrogens is 447 g/mol. The highest BCUT2D eigenvalue weighted by Crippen LogP contribution is 2.23. The number of carbonyl (C=O) groups is 3. The molecule has 1 fully saturated rings. The Hall–Kier alpha value is -2.09. The molecule has 160 valence electrons. The Labute approximate surface area is 189 Å². The monoisotopic (exact) mass is 468 g/mol. The van der Waals surface area contributed by atoms with Gasteiger partial charge in [0.15, 0.2) is 6.61 Å². The lowest BCUT2D eigenvalue weighted by molar-refractivity contribution is -0.156. The summed E-state index contributed by atoms with van der Waals surface area (Å²) in [6, 6.07) is 8.75. The maximum Gasteiger partial charge on any atom is 0.311 e. The van der Waals surface area contributed by atoms with Crippen LogP contribution in [0, 0.1) is 5.92 Å². The minimum atomic E-state index is -0.449. The van der Waals surface area contributed by atoms with Gasteiger partial charge in [0.2, 0.25) is 0 Å². The molecule has 0 N–H and O–H groups in total. The second-order valence-electron chi connectivity index (χ2n) is 7.17. The van der Waals surface area contributed by atoms with Crippen LogP contribution in [0.1, 0.15) is 28.1 Å². The highest BCUT2D eigenvalue weighted by molar-refractivity contribution is 7.12. The Morgan fingerprint density at radius 3 is 2.73 bits per heavy atom. The minimum absolute atomic E-state index is 0.0695. The Bertz CT molecular complexity index is 920. The number of likely N-dealkylation sites (N-methyl/N-ethyl adjacent to an activating group) is 1. The van der Waals surface area contributed by atoms with Gasteiger partial charge in [0, 0.05) is 26.7 Å². The van der Waals surface area contributed by atoms with Crippen molar-refractivity contribution in [3.63, 3.8) is 0 Å². The third-order valence-electron chi connectivity index (χ3n) is 4.94. The number of hydrogen-bond acceptors (Lipinski definition) is 5. The molecule has 30 heavy (non-hydrogen) atoms. The van der Waals surface area contributed by atoms with Crippen molar-refractivity contribution in [2.45, 2.75) is 19.4 Å². The van der Waals surface area contributed by atoms with Crippen LogP contribution < -0.4 is 0 Å². The van der Waals surface area contributed by atoms with Crippen LogP contribution in [0.4, 0.5) is 0 Å². The normalized spacial score (nSPS) is 16.2. The molecule has 0 radical (unpaired) electrons. The number of piperidine rings is 1. The van der Waals surface area contributed by atoms with Crippen molar-refractivity contribution in [1.82, 2.24) is 9.80 Å². The number of carbonyl (C=O) groups excluding carboxylic acids is 3. The van der Waals surface area contributed by atoms with Crippen LogP contribution >= 0.6 is 34.5 Å². The molecule has 1 atom stereocenters. The first-order valence-corrected chi connectivity index (χ1v) is 11.2. The van der Waals surface area contributed by atoms with Crippen LogP contribution in [-0.2, 0) is 20.9 Å². The van der Waals surface area contributed by atoms with Gasteiger partial charge < -0.3 is 14.5 Å². The van der Waals surface area contributed by atoms with E-state index < -0.39 is 11.9 Å². The number of esters is 1. The second kappa shape index (κ2) is 10.3. The molecule has 1 aromatic heterocycles. The van der Waals surface area contributed by atoms with Crippen molar-refractivity contribution in [2.24, 2.45) is 5.92 Å². The Morgan fingerprint density at radius 1 is 1.23 bits per heavy atom. The zero-order valence-electron chi connectivity index (χ0n) is 16.5. The SMILES string of the molecule is CN(Cc1ccc(Cl)c(Cl)c1)C(=O)COC(=O)C1CCCN(C(=O)c2cccs2)C1. The maximum absolute atomic E-state index is 12.5. The Kier molecular flexibility index (Phi) is 7.75. The Morgan fingerprint density at radius 2 is 2.03 bits per heavy atom. The molecule has 0 spiro atoms. The molecular formula is C21H22Cl2N2O4S. The predicted octanol–water partition coefficient (Wildman–Crippen LogP) is 4.11. The van der Waals surface area contributed by atoms with E-state index in [9.17, 15) is 14.4 Å². The number of ether oxygens (including phenoxy) is 1. The molecule has 2 heterocycles. The van der Waals surface area contributed by atoms with E-state index in [0.717, 1.165) is 12.0 Å². The number of benzene rings is 1. The second-order valence-corrected chi connectivity index (χ2v) is 8.94. The maximum atomic E-state index is 12.5. The fourth-order valence-electron chi connectivity index (χ4n) is 3.27. The molecule has 0 bridgehead atoms. The number of hydrogen-bond donors (Lipinski definition) is 0. The van der Waals surface area contributed by atoms with Crippen molar-refractivity contribution < 1.29 is 19.1 Å². The van der Waals surface area contributed by atoms with Gasteiger partial charge in [0.05, 0.1) is 20.8 Å². The third kappa shape index (κ3) is 5.74. The first kappa shape index (κ1) is 22.6. The quantitative estimate of drug-likeness (QED) is 0.598. The van der Waals surface area contributed by atoms with Crippen LogP contribution in [0.3, 0.4) is 0 Å². The first-order chi connectivity index (χ1) is 14.3. The van der Waals surface area contributed by atoms with Gasteiger partial charge in [-0.05, 0) is 42.0 Å². The smallest absolute Gasteiger partial charge is 0.311 e. The number of rotatable bonds is 6. The minimum Gasteiger partial charge on any atom is -0.455 e. The average molecular weight is 469 g/mol. The number of thiophene rings is 1.